The van der Waals surface area contributed by atoms with E-state index in [0.717, 1.165) is 18.4 Å². The van der Waals surface area contributed by atoms with Crippen LogP contribution in [-0.4, -0.2) is 13.1 Å². The molecule has 2 heteroatoms. The van der Waals surface area contributed by atoms with Gasteiger partial charge in [-0.25, -0.2) is 0 Å². The molecule has 1 rings (SSSR count). The third kappa shape index (κ3) is 2.82. The molecule has 0 aliphatic rings. The van der Waals surface area contributed by atoms with Gasteiger partial charge in [-0.1, -0.05) is 37.6 Å². The van der Waals surface area contributed by atoms with Crippen molar-refractivity contribution in [3.63, 3.8) is 0 Å². The number of ether oxygens (including phenoxy) is 1. The van der Waals surface area contributed by atoms with E-state index in [1.165, 1.54) is 12.7 Å². The molecule has 1 atom stereocenters. The maximum atomic E-state index is 11.4. The van der Waals surface area contributed by atoms with E-state index in [4.69, 9.17) is 4.74 Å². The molecule has 2 nitrogen and oxygen atoms in total. The van der Waals surface area contributed by atoms with Crippen molar-refractivity contribution < 1.29 is 9.53 Å². The minimum absolute atomic E-state index is 0.168. The summed E-state index contributed by atoms with van der Waals surface area (Å²) in [7, 11) is 1.43. The van der Waals surface area contributed by atoms with Crippen LogP contribution in [0.2, 0.25) is 0 Å². The molecule has 0 aliphatic carbocycles. The Morgan fingerprint density at radius 1 is 1.40 bits per heavy atom. The predicted molar refractivity (Wildman–Crippen MR) is 60.9 cm³/mol. The monoisotopic (exact) mass is 206 g/mol. The van der Waals surface area contributed by atoms with Crippen LogP contribution in [0.5, 0.6) is 0 Å². The number of aryl methyl sites for hydroxylation is 1. The van der Waals surface area contributed by atoms with Crippen molar-refractivity contribution in [3.8, 4) is 0 Å². The first-order valence-corrected chi connectivity index (χ1v) is 5.36. The largest absolute Gasteiger partial charge is 0.469 e. The Morgan fingerprint density at radius 2 is 2.07 bits per heavy atom. The third-order valence-corrected chi connectivity index (χ3v) is 2.60. The van der Waals surface area contributed by atoms with Crippen molar-refractivity contribution in [1.29, 1.82) is 0 Å². The van der Waals surface area contributed by atoms with E-state index >= 15 is 0 Å². The number of benzene rings is 1. The van der Waals surface area contributed by atoms with Gasteiger partial charge in [-0.3, -0.25) is 4.79 Å². The molecule has 0 saturated heterocycles. The number of hydrogen-bond acceptors (Lipinski definition) is 2. The fourth-order valence-electron chi connectivity index (χ4n) is 1.76. The van der Waals surface area contributed by atoms with Gasteiger partial charge >= 0.3 is 5.97 Å². The molecule has 15 heavy (non-hydrogen) atoms. The molecule has 0 aromatic heterocycles. The standard InChI is InChI=1S/C13H18O2/c1-4-7-11-8-5-6-9-12(11)10(2)13(14)15-3/h5-6,8-10H,4,7H2,1-3H3. The molecule has 82 valence electrons. The van der Waals surface area contributed by atoms with Gasteiger partial charge in [0, 0.05) is 0 Å². The Kier molecular flexibility index (Phi) is 4.35. The summed E-state index contributed by atoms with van der Waals surface area (Å²) >= 11 is 0. The molecule has 0 fully saturated rings. The lowest BCUT2D eigenvalue weighted by atomic mass is 9.93. The van der Waals surface area contributed by atoms with Crippen LogP contribution >= 0.6 is 0 Å². The minimum atomic E-state index is -0.169. The smallest absolute Gasteiger partial charge is 0.312 e. The zero-order chi connectivity index (χ0) is 11.3. The highest BCUT2D eigenvalue weighted by molar-refractivity contribution is 5.78. The van der Waals surface area contributed by atoms with Gasteiger partial charge in [0.05, 0.1) is 13.0 Å². The minimum Gasteiger partial charge on any atom is -0.469 e. The molecule has 0 heterocycles. The maximum absolute atomic E-state index is 11.4. The Hall–Kier alpha value is -1.31. The van der Waals surface area contributed by atoms with Crippen LogP contribution in [0.4, 0.5) is 0 Å². The molecule has 0 bridgehead atoms. The summed E-state index contributed by atoms with van der Waals surface area (Å²) in [6, 6.07) is 8.07. The average molecular weight is 206 g/mol. The first-order valence-electron chi connectivity index (χ1n) is 5.36. The average Bonchev–Trinajstić information content (AvgIpc) is 2.28. The fourth-order valence-corrected chi connectivity index (χ4v) is 1.76. The molecule has 0 N–H and O–H groups in total. The summed E-state index contributed by atoms with van der Waals surface area (Å²) in [5.41, 5.74) is 2.34. The van der Waals surface area contributed by atoms with E-state index in [0.29, 0.717) is 0 Å². The SMILES string of the molecule is CCCc1ccccc1C(C)C(=O)OC. The van der Waals surface area contributed by atoms with Crippen LogP contribution in [0.1, 0.15) is 37.3 Å². The number of methoxy groups -OCH3 is 1. The van der Waals surface area contributed by atoms with Crippen molar-refractivity contribution in [2.24, 2.45) is 0 Å². The zero-order valence-corrected chi connectivity index (χ0v) is 9.62. The number of rotatable bonds is 4. The highest BCUT2D eigenvalue weighted by Crippen LogP contribution is 2.22. The van der Waals surface area contributed by atoms with Gasteiger partial charge in [-0.05, 0) is 24.5 Å². The van der Waals surface area contributed by atoms with Crippen molar-refractivity contribution in [2.45, 2.75) is 32.6 Å². The number of esters is 1. The van der Waals surface area contributed by atoms with E-state index in [-0.39, 0.29) is 11.9 Å². The lowest BCUT2D eigenvalue weighted by molar-refractivity contribution is -0.142. The van der Waals surface area contributed by atoms with Crippen molar-refractivity contribution in [3.05, 3.63) is 35.4 Å². The topological polar surface area (TPSA) is 26.3 Å². The molecule has 0 saturated carbocycles. The second-order valence-electron chi connectivity index (χ2n) is 3.69. The second kappa shape index (κ2) is 5.54. The molecular formula is C13H18O2. The maximum Gasteiger partial charge on any atom is 0.312 e. The van der Waals surface area contributed by atoms with Crippen LogP contribution in [0, 0.1) is 0 Å². The summed E-state index contributed by atoms with van der Waals surface area (Å²) in [6.45, 7) is 4.03. The molecule has 0 spiro atoms. The summed E-state index contributed by atoms with van der Waals surface area (Å²) in [6.07, 6.45) is 2.10. The molecule has 1 aromatic carbocycles. The summed E-state index contributed by atoms with van der Waals surface area (Å²) < 4.78 is 4.76. The molecule has 1 aromatic rings. The van der Waals surface area contributed by atoms with Gasteiger partial charge in [-0.15, -0.1) is 0 Å². The van der Waals surface area contributed by atoms with E-state index in [1.54, 1.807) is 0 Å². The Morgan fingerprint density at radius 3 is 2.67 bits per heavy atom. The highest BCUT2D eigenvalue weighted by Gasteiger charge is 2.17. The first-order chi connectivity index (χ1) is 7.20. The van der Waals surface area contributed by atoms with Crippen LogP contribution in [0.25, 0.3) is 0 Å². The quantitative estimate of drug-likeness (QED) is 0.708. The highest BCUT2D eigenvalue weighted by atomic mass is 16.5. The predicted octanol–water partition coefficient (Wildman–Crippen LogP) is 2.92. The van der Waals surface area contributed by atoms with Crippen LogP contribution in [0.3, 0.4) is 0 Å². The van der Waals surface area contributed by atoms with Gasteiger partial charge in [0.25, 0.3) is 0 Å². The van der Waals surface area contributed by atoms with Gasteiger partial charge in [-0.2, -0.15) is 0 Å². The number of hydrogen-bond donors (Lipinski definition) is 0. The molecule has 0 aliphatic heterocycles. The summed E-state index contributed by atoms with van der Waals surface area (Å²) in [5.74, 6) is -0.337. The molecule has 0 radical (unpaired) electrons. The van der Waals surface area contributed by atoms with Crippen molar-refractivity contribution in [2.75, 3.05) is 7.11 Å². The van der Waals surface area contributed by atoms with E-state index in [9.17, 15) is 4.79 Å². The van der Waals surface area contributed by atoms with Crippen molar-refractivity contribution >= 4 is 5.97 Å². The second-order valence-corrected chi connectivity index (χ2v) is 3.69. The van der Waals surface area contributed by atoms with E-state index in [2.05, 4.69) is 13.0 Å². The molecular weight excluding hydrogens is 188 g/mol. The van der Waals surface area contributed by atoms with Gasteiger partial charge in [0.1, 0.15) is 0 Å². The zero-order valence-electron chi connectivity index (χ0n) is 9.62. The number of carbonyl (C=O) groups excluding carboxylic acids is 1. The molecule has 1 unspecified atom stereocenters. The summed E-state index contributed by atoms with van der Waals surface area (Å²) in [5, 5.41) is 0. The van der Waals surface area contributed by atoms with Gasteiger partial charge < -0.3 is 4.74 Å². The Labute approximate surface area is 91.3 Å². The Bertz CT molecular complexity index is 331. The van der Waals surface area contributed by atoms with E-state index in [1.807, 2.05) is 25.1 Å². The lowest BCUT2D eigenvalue weighted by Crippen LogP contribution is -2.12. The molecule has 0 amide bonds. The lowest BCUT2D eigenvalue weighted by Gasteiger charge is -2.13. The normalized spacial score (nSPS) is 12.2. The van der Waals surface area contributed by atoms with Gasteiger partial charge in [0.2, 0.25) is 0 Å². The number of carbonyl (C=O) groups is 1. The van der Waals surface area contributed by atoms with Crippen LogP contribution in [-0.2, 0) is 16.0 Å². The van der Waals surface area contributed by atoms with Crippen LogP contribution < -0.4 is 0 Å². The Balaban J connectivity index is 2.96. The third-order valence-electron chi connectivity index (χ3n) is 2.60. The fraction of sp³-hybridized carbons (Fsp3) is 0.462. The van der Waals surface area contributed by atoms with Crippen LogP contribution in [0.15, 0.2) is 24.3 Å². The first kappa shape index (κ1) is 11.8. The summed E-state index contributed by atoms with van der Waals surface area (Å²) in [4.78, 5) is 11.4. The van der Waals surface area contributed by atoms with Gasteiger partial charge in [0.15, 0.2) is 0 Å². The van der Waals surface area contributed by atoms with Crippen molar-refractivity contribution in [1.82, 2.24) is 0 Å². The van der Waals surface area contributed by atoms with E-state index < -0.39 is 0 Å².